The molecule has 0 bridgehead atoms. The topological polar surface area (TPSA) is 27.6 Å². The molecule has 47 heavy (non-hydrogen) atoms. The summed E-state index contributed by atoms with van der Waals surface area (Å²) in [6, 6.07) is 42.7. The van der Waals surface area contributed by atoms with Gasteiger partial charge in [-0.1, -0.05) is 127 Å². The average molecular weight is 616 g/mol. The van der Waals surface area contributed by atoms with Crippen LogP contribution in [0.15, 0.2) is 150 Å². The summed E-state index contributed by atoms with van der Waals surface area (Å²) in [6.07, 6.45) is 8.75. The molecule has 3 nitrogen and oxygen atoms in total. The van der Waals surface area contributed by atoms with Crippen molar-refractivity contribution in [3.63, 3.8) is 0 Å². The van der Waals surface area contributed by atoms with E-state index in [1.807, 2.05) is 11.3 Å². The van der Waals surface area contributed by atoms with Gasteiger partial charge in [-0.25, -0.2) is 4.99 Å². The minimum Gasteiger partial charge on any atom is -0.345 e. The highest BCUT2D eigenvalue weighted by atomic mass is 32.1. The molecule has 0 amide bonds. The zero-order chi connectivity index (χ0) is 30.4. The van der Waals surface area contributed by atoms with Gasteiger partial charge in [0.15, 0.2) is 0 Å². The van der Waals surface area contributed by atoms with Gasteiger partial charge in [-0.15, -0.1) is 11.3 Å². The number of allylic oxidation sites excluding steroid dienone is 2. The summed E-state index contributed by atoms with van der Waals surface area (Å²) >= 11 is 1.89. The Morgan fingerprint density at radius 1 is 0.660 bits per heavy atom. The maximum Gasteiger partial charge on any atom is 0.205 e. The molecule has 4 heteroatoms. The van der Waals surface area contributed by atoms with Crippen molar-refractivity contribution in [2.45, 2.75) is 11.6 Å². The van der Waals surface area contributed by atoms with Crippen LogP contribution in [0.25, 0.3) is 58.9 Å². The zero-order valence-corrected chi connectivity index (χ0v) is 26.0. The van der Waals surface area contributed by atoms with E-state index in [-0.39, 0.29) is 6.04 Å². The molecule has 2 aliphatic heterocycles. The molecule has 7 aromatic rings. The van der Waals surface area contributed by atoms with E-state index in [4.69, 9.17) is 4.99 Å². The summed E-state index contributed by atoms with van der Waals surface area (Å²) in [5, 5.41) is 9.33. The van der Waals surface area contributed by atoms with Gasteiger partial charge in [-0.2, -0.15) is 0 Å². The van der Waals surface area contributed by atoms with Crippen LogP contribution in [0.4, 0.5) is 5.69 Å². The van der Waals surface area contributed by atoms with Crippen molar-refractivity contribution >= 4 is 59.6 Å². The van der Waals surface area contributed by atoms with Crippen LogP contribution in [0.3, 0.4) is 0 Å². The number of nitrogens with zero attached hydrogens (tertiary/aromatic N) is 2. The van der Waals surface area contributed by atoms with Crippen molar-refractivity contribution in [3.8, 4) is 22.3 Å². The van der Waals surface area contributed by atoms with Gasteiger partial charge in [0.2, 0.25) is 5.96 Å². The summed E-state index contributed by atoms with van der Waals surface area (Å²) in [5.74, 6) is 0.890. The smallest absolute Gasteiger partial charge is 0.205 e. The number of guanidine groups is 1. The summed E-state index contributed by atoms with van der Waals surface area (Å²) in [7, 11) is 0. The number of thiophene rings is 1. The Morgan fingerprint density at radius 2 is 1.45 bits per heavy atom. The molecule has 6 aromatic carbocycles. The third kappa shape index (κ3) is 2.76. The minimum atomic E-state index is -0.529. The summed E-state index contributed by atoms with van der Waals surface area (Å²) in [4.78, 5) is 8.21. The fraction of sp³-hybridized carbons (Fsp3) is 0.0465. The van der Waals surface area contributed by atoms with E-state index in [0.29, 0.717) is 0 Å². The Hall–Kier alpha value is -5.71. The van der Waals surface area contributed by atoms with Gasteiger partial charge >= 0.3 is 0 Å². The maximum atomic E-state index is 5.62. The zero-order valence-electron chi connectivity index (χ0n) is 25.2. The summed E-state index contributed by atoms with van der Waals surface area (Å²) in [5.41, 5.74) is 13.5. The second kappa shape index (κ2) is 8.35. The van der Waals surface area contributed by atoms with Crippen LogP contribution in [0, 0.1) is 0 Å². The van der Waals surface area contributed by atoms with Gasteiger partial charge in [0.1, 0.15) is 5.54 Å². The van der Waals surface area contributed by atoms with E-state index in [0.717, 1.165) is 17.2 Å². The molecule has 5 aliphatic rings. The number of fused-ring (bicyclic) bond motifs is 8. The Balaban J connectivity index is 1.26. The van der Waals surface area contributed by atoms with Crippen LogP contribution in [0.1, 0.15) is 22.3 Å². The summed E-state index contributed by atoms with van der Waals surface area (Å²) in [6.45, 7) is 0. The fourth-order valence-corrected chi connectivity index (χ4v) is 10.4. The molecule has 0 radical (unpaired) electrons. The van der Waals surface area contributed by atoms with E-state index in [1.165, 1.54) is 81.1 Å². The fourth-order valence-electron chi connectivity index (χ4n) is 9.29. The molecule has 1 aromatic heterocycles. The van der Waals surface area contributed by atoms with Crippen molar-refractivity contribution in [2.24, 2.45) is 4.99 Å². The van der Waals surface area contributed by atoms with E-state index in [2.05, 4.69) is 150 Å². The van der Waals surface area contributed by atoms with Gasteiger partial charge in [0, 0.05) is 47.8 Å². The molecule has 218 valence electrons. The number of rotatable bonds is 1. The van der Waals surface area contributed by atoms with Crippen molar-refractivity contribution in [2.75, 3.05) is 4.90 Å². The highest BCUT2D eigenvalue weighted by Gasteiger charge is 2.61. The van der Waals surface area contributed by atoms with E-state index in [1.54, 1.807) is 0 Å². The third-order valence-corrected chi connectivity index (χ3v) is 12.1. The van der Waals surface area contributed by atoms with Crippen molar-refractivity contribution in [1.29, 1.82) is 0 Å². The molecular formula is C43H25N3S. The molecular weight excluding hydrogens is 591 g/mol. The van der Waals surface area contributed by atoms with Crippen molar-refractivity contribution in [3.05, 3.63) is 167 Å². The Morgan fingerprint density at radius 3 is 2.38 bits per heavy atom. The van der Waals surface area contributed by atoms with E-state index >= 15 is 0 Å². The minimum absolute atomic E-state index is 0.0126. The first-order chi connectivity index (χ1) is 23.3. The molecule has 0 saturated heterocycles. The molecule has 1 N–H and O–H groups in total. The van der Waals surface area contributed by atoms with E-state index in [9.17, 15) is 0 Å². The highest BCUT2D eigenvalue weighted by molar-refractivity contribution is 7.26. The van der Waals surface area contributed by atoms with Crippen LogP contribution in [-0.4, -0.2) is 12.0 Å². The number of benzene rings is 6. The molecule has 3 aliphatic carbocycles. The lowest BCUT2D eigenvalue weighted by Gasteiger charge is -2.41. The van der Waals surface area contributed by atoms with E-state index < -0.39 is 5.54 Å². The third-order valence-electron chi connectivity index (χ3n) is 10.9. The normalized spacial score (nSPS) is 20.6. The lowest BCUT2D eigenvalue weighted by Crippen LogP contribution is -2.55. The van der Waals surface area contributed by atoms with Crippen molar-refractivity contribution in [1.82, 2.24) is 5.32 Å². The SMILES string of the molecule is C1=CC2=C(c3ccccc3)N=C(N3c4cc5sc6ccccc6c5c5ccc6c(c45)C34c3ccccc3-c3cccc-6c34)NC2C=C1. The highest BCUT2D eigenvalue weighted by Crippen LogP contribution is 2.69. The first-order valence-corrected chi connectivity index (χ1v) is 17.1. The monoisotopic (exact) mass is 615 g/mol. The molecule has 3 heterocycles. The molecule has 0 saturated carbocycles. The van der Waals surface area contributed by atoms with Crippen LogP contribution in [0.2, 0.25) is 0 Å². The molecule has 0 fully saturated rings. The quantitative estimate of drug-likeness (QED) is 0.199. The number of nitrogens with one attached hydrogen (secondary N) is 1. The lowest BCUT2D eigenvalue weighted by molar-refractivity contribution is 0.672. The maximum absolute atomic E-state index is 5.62. The lowest BCUT2D eigenvalue weighted by atomic mass is 9.83. The second-order valence-corrected chi connectivity index (χ2v) is 14.2. The number of hydrogen-bond acceptors (Lipinski definition) is 4. The summed E-state index contributed by atoms with van der Waals surface area (Å²) < 4.78 is 2.64. The van der Waals surface area contributed by atoms with Crippen LogP contribution < -0.4 is 10.2 Å². The predicted molar refractivity (Wildman–Crippen MR) is 196 cm³/mol. The van der Waals surface area contributed by atoms with Gasteiger partial charge in [0.05, 0.1) is 17.4 Å². The molecule has 1 spiro atoms. The van der Waals surface area contributed by atoms with Crippen LogP contribution in [0.5, 0.6) is 0 Å². The number of hydrogen-bond donors (Lipinski definition) is 1. The Kier molecular flexibility index (Phi) is 4.36. The number of aliphatic imine (C=N–C) groups is 1. The largest absolute Gasteiger partial charge is 0.345 e. The first kappa shape index (κ1) is 24.5. The molecule has 12 rings (SSSR count). The van der Waals surface area contributed by atoms with Gasteiger partial charge in [-0.3, -0.25) is 4.90 Å². The van der Waals surface area contributed by atoms with Crippen LogP contribution in [-0.2, 0) is 5.54 Å². The average Bonchev–Trinajstić information content (AvgIpc) is 3.83. The Labute approximate surface area is 275 Å². The molecule has 2 unspecified atom stereocenters. The van der Waals surface area contributed by atoms with Gasteiger partial charge < -0.3 is 5.32 Å². The Bertz CT molecular complexity index is 2730. The predicted octanol–water partition coefficient (Wildman–Crippen LogP) is 10.1. The van der Waals surface area contributed by atoms with Crippen molar-refractivity contribution < 1.29 is 0 Å². The second-order valence-electron chi connectivity index (χ2n) is 13.1. The van der Waals surface area contributed by atoms with Gasteiger partial charge in [0.25, 0.3) is 0 Å². The first-order valence-electron chi connectivity index (χ1n) is 16.3. The number of anilines is 1. The standard InChI is InChI=1S/C43H25N3S/c1-2-11-24(12-3-1)41-29-14-5-8-19-33(29)44-42(45-41)46-34-23-36-37(30-15-6-9-20-35(30)47-36)31-22-21-28-27-17-10-16-26-25-13-4-7-18-32(25)43(46,39(26)27)40(28)38(31)34/h1-23,33H,(H,44,45). The van der Waals surface area contributed by atoms with Crippen LogP contribution >= 0.6 is 11.3 Å². The van der Waals surface area contributed by atoms with Gasteiger partial charge in [-0.05, 0) is 45.3 Å². The molecule has 2 atom stereocenters.